The van der Waals surface area contributed by atoms with E-state index < -0.39 is 0 Å². The van der Waals surface area contributed by atoms with Gasteiger partial charge in [0.05, 0.1) is 0 Å². The van der Waals surface area contributed by atoms with E-state index in [1.165, 1.54) is 12.1 Å². The highest BCUT2D eigenvalue weighted by Crippen LogP contribution is 2.33. The number of rotatable bonds is 1. The van der Waals surface area contributed by atoms with Crippen molar-refractivity contribution in [3.05, 3.63) is 41.3 Å². The Bertz CT molecular complexity index is 881. The second kappa shape index (κ2) is 6.33. The zero-order valence-corrected chi connectivity index (χ0v) is 13.7. The minimum atomic E-state index is -0.369. The number of H-pyrrole nitrogens is 1. The lowest BCUT2D eigenvalue weighted by molar-refractivity contribution is -0.126. The van der Waals surface area contributed by atoms with Crippen LogP contribution in [0.2, 0.25) is 0 Å². The van der Waals surface area contributed by atoms with Gasteiger partial charge in [-0.3, -0.25) is 9.59 Å². The van der Waals surface area contributed by atoms with Crippen molar-refractivity contribution in [1.82, 2.24) is 20.5 Å². The summed E-state index contributed by atoms with van der Waals surface area (Å²) in [5.41, 5.74) is 2.46. The molecule has 0 radical (unpaired) electrons. The molecule has 1 fully saturated rings. The summed E-state index contributed by atoms with van der Waals surface area (Å²) in [7, 11) is 0. The quantitative estimate of drug-likeness (QED) is 0.683. The predicted molar refractivity (Wildman–Crippen MR) is 92.6 cm³/mol. The second-order valence-corrected chi connectivity index (χ2v) is 6.32. The minimum absolute atomic E-state index is 0.0671. The fourth-order valence-electron chi connectivity index (χ4n) is 3.46. The van der Waals surface area contributed by atoms with Crippen LogP contribution in [0.4, 0.5) is 4.39 Å². The van der Waals surface area contributed by atoms with E-state index in [2.05, 4.69) is 15.6 Å². The van der Waals surface area contributed by atoms with Crippen molar-refractivity contribution < 1.29 is 14.0 Å². The highest BCUT2D eigenvalue weighted by Gasteiger charge is 2.25. The monoisotopic (exact) mass is 342 g/mol. The molecule has 0 bridgehead atoms. The SMILES string of the molecule is O=C1NCC/C(=C\C(=O)N2CCNCC2)c2c1[nH]c1ccc(F)cc21. The van der Waals surface area contributed by atoms with E-state index >= 15 is 0 Å². The lowest BCUT2D eigenvalue weighted by atomic mass is 9.99. The Kier molecular flexibility index (Phi) is 4.01. The van der Waals surface area contributed by atoms with Crippen LogP contribution in [0.1, 0.15) is 22.5 Å². The summed E-state index contributed by atoms with van der Waals surface area (Å²) < 4.78 is 13.7. The molecule has 0 atom stereocenters. The molecule has 2 aliphatic rings. The third kappa shape index (κ3) is 2.91. The summed E-state index contributed by atoms with van der Waals surface area (Å²) in [6.07, 6.45) is 2.13. The molecule has 2 amide bonds. The Hall–Kier alpha value is -2.67. The number of fused-ring (bicyclic) bond motifs is 3. The number of piperazine rings is 1. The molecule has 0 aliphatic carbocycles. The molecule has 4 rings (SSSR count). The third-order valence-electron chi connectivity index (χ3n) is 4.72. The van der Waals surface area contributed by atoms with Crippen LogP contribution in [0.25, 0.3) is 16.5 Å². The Morgan fingerprint density at radius 1 is 1.20 bits per heavy atom. The van der Waals surface area contributed by atoms with Gasteiger partial charge in [0.2, 0.25) is 5.91 Å². The number of amides is 2. The lowest BCUT2D eigenvalue weighted by Gasteiger charge is -2.26. The molecule has 3 heterocycles. The molecule has 25 heavy (non-hydrogen) atoms. The van der Waals surface area contributed by atoms with E-state index in [0.717, 1.165) is 18.7 Å². The van der Waals surface area contributed by atoms with Crippen molar-refractivity contribution in [2.75, 3.05) is 32.7 Å². The summed E-state index contributed by atoms with van der Waals surface area (Å²) in [5, 5.41) is 6.67. The molecule has 1 saturated heterocycles. The van der Waals surface area contributed by atoms with Crippen LogP contribution in [0.5, 0.6) is 0 Å². The van der Waals surface area contributed by atoms with E-state index in [9.17, 15) is 14.0 Å². The number of nitrogens with one attached hydrogen (secondary N) is 3. The fraction of sp³-hybridized carbons (Fsp3) is 0.333. The summed E-state index contributed by atoms with van der Waals surface area (Å²) in [4.78, 5) is 29.8. The van der Waals surface area contributed by atoms with Crippen molar-refractivity contribution in [1.29, 1.82) is 0 Å². The molecular formula is C18H19FN4O2. The molecule has 0 spiro atoms. The zero-order chi connectivity index (χ0) is 17.4. The van der Waals surface area contributed by atoms with Crippen molar-refractivity contribution in [2.45, 2.75) is 6.42 Å². The molecule has 6 nitrogen and oxygen atoms in total. The number of aromatic nitrogens is 1. The predicted octanol–water partition coefficient (Wildman–Crippen LogP) is 1.26. The number of carbonyl (C=O) groups is 2. The van der Waals surface area contributed by atoms with Gasteiger partial charge in [-0.15, -0.1) is 0 Å². The Balaban J connectivity index is 1.81. The Morgan fingerprint density at radius 3 is 2.80 bits per heavy atom. The van der Waals surface area contributed by atoms with Crippen molar-refractivity contribution in [3.8, 4) is 0 Å². The van der Waals surface area contributed by atoms with E-state index in [4.69, 9.17) is 0 Å². The van der Waals surface area contributed by atoms with Crippen LogP contribution >= 0.6 is 0 Å². The van der Waals surface area contributed by atoms with E-state index in [0.29, 0.717) is 48.2 Å². The molecule has 130 valence electrons. The van der Waals surface area contributed by atoms with Crippen LogP contribution in [0.3, 0.4) is 0 Å². The molecule has 0 unspecified atom stereocenters. The van der Waals surface area contributed by atoms with Gasteiger partial charge in [0.25, 0.3) is 5.91 Å². The van der Waals surface area contributed by atoms with Crippen molar-refractivity contribution in [3.63, 3.8) is 0 Å². The molecule has 1 aromatic heterocycles. The molecule has 3 N–H and O–H groups in total. The summed E-state index contributed by atoms with van der Waals surface area (Å²) >= 11 is 0. The number of nitrogens with zero attached hydrogens (tertiary/aromatic N) is 1. The van der Waals surface area contributed by atoms with E-state index in [1.807, 2.05) is 0 Å². The molecule has 2 aliphatic heterocycles. The average Bonchev–Trinajstić information content (AvgIpc) is 2.92. The van der Waals surface area contributed by atoms with Gasteiger partial charge in [0.15, 0.2) is 0 Å². The summed E-state index contributed by atoms with van der Waals surface area (Å²) in [5.74, 6) is -0.668. The largest absolute Gasteiger partial charge is 0.350 e. The summed E-state index contributed by atoms with van der Waals surface area (Å²) in [6, 6.07) is 4.38. The molecule has 2 aromatic rings. The van der Waals surface area contributed by atoms with Gasteiger partial charge >= 0.3 is 0 Å². The average molecular weight is 342 g/mol. The first-order valence-corrected chi connectivity index (χ1v) is 8.43. The standard InChI is InChI=1S/C18H19FN4O2/c19-12-1-2-14-13(10-12)16-11(3-4-21-18(25)17(16)22-14)9-15(24)23-7-5-20-6-8-23/h1-2,9-10,20,22H,3-8H2,(H,21,25)/b11-9+. The van der Waals surface area contributed by atoms with E-state index in [1.54, 1.807) is 17.0 Å². The second-order valence-electron chi connectivity index (χ2n) is 6.32. The van der Waals surface area contributed by atoms with E-state index in [-0.39, 0.29) is 17.6 Å². The van der Waals surface area contributed by atoms with Gasteiger partial charge in [-0.25, -0.2) is 4.39 Å². The molecule has 7 heteroatoms. The number of benzene rings is 1. The highest BCUT2D eigenvalue weighted by atomic mass is 19.1. The fourth-order valence-corrected chi connectivity index (χ4v) is 3.46. The van der Waals surface area contributed by atoms with Gasteiger partial charge in [0, 0.05) is 55.3 Å². The lowest BCUT2D eigenvalue weighted by Crippen LogP contribution is -2.45. The Morgan fingerprint density at radius 2 is 2.00 bits per heavy atom. The van der Waals surface area contributed by atoms with Crippen molar-refractivity contribution in [2.24, 2.45) is 0 Å². The first kappa shape index (κ1) is 15.8. The number of hydrogen-bond acceptors (Lipinski definition) is 3. The van der Waals surface area contributed by atoms with Crippen LogP contribution in [0.15, 0.2) is 24.3 Å². The third-order valence-corrected chi connectivity index (χ3v) is 4.72. The number of halogens is 1. The Labute approximate surface area is 144 Å². The van der Waals surface area contributed by atoms with Gasteiger partial charge in [-0.1, -0.05) is 0 Å². The summed E-state index contributed by atoms with van der Waals surface area (Å²) in [6.45, 7) is 3.32. The first-order chi connectivity index (χ1) is 12.1. The first-order valence-electron chi connectivity index (χ1n) is 8.43. The number of carbonyl (C=O) groups excluding carboxylic acids is 2. The maximum atomic E-state index is 13.7. The number of hydrogen-bond donors (Lipinski definition) is 3. The van der Waals surface area contributed by atoms with Crippen LogP contribution < -0.4 is 10.6 Å². The van der Waals surface area contributed by atoms with Gasteiger partial charge < -0.3 is 20.5 Å². The molecule has 1 aromatic carbocycles. The normalized spacial score (nSPS) is 19.6. The van der Waals surface area contributed by atoms with Gasteiger partial charge in [-0.2, -0.15) is 0 Å². The molecule has 0 saturated carbocycles. The maximum absolute atomic E-state index is 13.7. The topological polar surface area (TPSA) is 77.2 Å². The van der Waals surface area contributed by atoms with Crippen LogP contribution in [0, 0.1) is 5.82 Å². The smallest absolute Gasteiger partial charge is 0.268 e. The van der Waals surface area contributed by atoms with Crippen LogP contribution in [-0.2, 0) is 4.79 Å². The van der Waals surface area contributed by atoms with Crippen LogP contribution in [-0.4, -0.2) is 54.4 Å². The molecular weight excluding hydrogens is 323 g/mol. The van der Waals surface area contributed by atoms with Crippen molar-refractivity contribution >= 4 is 28.3 Å². The van der Waals surface area contributed by atoms with Gasteiger partial charge in [-0.05, 0) is 30.2 Å². The van der Waals surface area contributed by atoms with Gasteiger partial charge in [0.1, 0.15) is 11.5 Å². The zero-order valence-electron chi connectivity index (χ0n) is 13.7. The highest BCUT2D eigenvalue weighted by molar-refractivity contribution is 6.10. The minimum Gasteiger partial charge on any atom is -0.350 e. The number of aromatic amines is 1. The maximum Gasteiger partial charge on any atom is 0.268 e.